The van der Waals surface area contributed by atoms with Gasteiger partial charge >= 0.3 is 0 Å². The monoisotopic (exact) mass is 372 g/mol. The van der Waals surface area contributed by atoms with Crippen molar-refractivity contribution in [2.24, 2.45) is 4.99 Å². The molecule has 5 nitrogen and oxygen atoms in total. The van der Waals surface area contributed by atoms with Crippen molar-refractivity contribution in [1.29, 1.82) is 0 Å². The lowest BCUT2D eigenvalue weighted by atomic mass is 10.1. The molecule has 6 heteroatoms. The number of aryl methyl sites for hydroxylation is 3. The second-order valence-corrected chi connectivity index (χ2v) is 7.36. The van der Waals surface area contributed by atoms with Crippen LogP contribution < -0.4 is 4.74 Å². The molecule has 0 aliphatic rings. The van der Waals surface area contributed by atoms with E-state index in [1.54, 1.807) is 11.8 Å². The first-order valence-corrected chi connectivity index (χ1v) is 9.93. The molecule has 0 spiro atoms. The van der Waals surface area contributed by atoms with Gasteiger partial charge < -0.3 is 9.64 Å². The predicted molar refractivity (Wildman–Crippen MR) is 110 cm³/mol. The average Bonchev–Trinajstić information content (AvgIpc) is 2.60. The van der Waals surface area contributed by atoms with E-state index in [9.17, 15) is 0 Å². The van der Waals surface area contributed by atoms with Crippen molar-refractivity contribution in [1.82, 2.24) is 14.9 Å². The van der Waals surface area contributed by atoms with Crippen molar-refractivity contribution in [3.63, 3.8) is 0 Å². The van der Waals surface area contributed by atoms with E-state index in [1.807, 2.05) is 57.3 Å². The van der Waals surface area contributed by atoms with Crippen LogP contribution in [-0.4, -0.2) is 40.6 Å². The SMILES string of the molecule is CCCSc1nc(C)cc(Oc2cc(C)c(N=CN(C)CC)cc2C)n1. The molecule has 1 aromatic heterocycles. The summed E-state index contributed by atoms with van der Waals surface area (Å²) in [6, 6.07) is 5.93. The molecule has 1 aromatic carbocycles. The molecule has 1 heterocycles. The second kappa shape index (κ2) is 9.57. The Morgan fingerprint density at radius 1 is 1.12 bits per heavy atom. The smallest absolute Gasteiger partial charge is 0.223 e. The highest BCUT2D eigenvalue weighted by Gasteiger charge is 2.09. The summed E-state index contributed by atoms with van der Waals surface area (Å²) in [7, 11) is 2.01. The Hall–Kier alpha value is -2.08. The molecule has 2 rings (SSSR count). The molecule has 0 radical (unpaired) electrons. The van der Waals surface area contributed by atoms with Gasteiger partial charge in [0.1, 0.15) is 5.75 Å². The lowest BCUT2D eigenvalue weighted by molar-refractivity contribution is 0.451. The van der Waals surface area contributed by atoms with Crippen LogP contribution in [0.25, 0.3) is 0 Å². The largest absolute Gasteiger partial charge is 0.439 e. The summed E-state index contributed by atoms with van der Waals surface area (Å²) >= 11 is 1.65. The highest BCUT2D eigenvalue weighted by atomic mass is 32.2. The highest BCUT2D eigenvalue weighted by Crippen LogP contribution is 2.31. The molecule has 0 saturated carbocycles. The third kappa shape index (κ3) is 5.73. The Balaban J connectivity index is 2.23. The van der Waals surface area contributed by atoms with Crippen LogP contribution in [0.1, 0.15) is 37.1 Å². The van der Waals surface area contributed by atoms with Gasteiger partial charge in [-0.2, -0.15) is 4.98 Å². The number of aromatic nitrogens is 2. The minimum atomic E-state index is 0.584. The van der Waals surface area contributed by atoms with Gasteiger partial charge in [0.15, 0.2) is 5.16 Å². The molecular weight excluding hydrogens is 344 g/mol. The van der Waals surface area contributed by atoms with E-state index in [0.717, 1.165) is 52.1 Å². The number of rotatable bonds is 8. The van der Waals surface area contributed by atoms with Gasteiger partial charge in [0, 0.05) is 31.1 Å². The van der Waals surface area contributed by atoms with Gasteiger partial charge in [0.05, 0.1) is 12.0 Å². The van der Waals surface area contributed by atoms with Crippen LogP contribution in [0, 0.1) is 20.8 Å². The van der Waals surface area contributed by atoms with E-state index >= 15 is 0 Å². The van der Waals surface area contributed by atoms with Gasteiger partial charge in [0.2, 0.25) is 5.88 Å². The van der Waals surface area contributed by atoms with Crippen molar-refractivity contribution in [2.75, 3.05) is 19.3 Å². The van der Waals surface area contributed by atoms with E-state index in [-0.39, 0.29) is 0 Å². The molecule has 2 aromatic rings. The fraction of sp³-hybridized carbons (Fsp3) is 0.450. The Morgan fingerprint density at radius 2 is 1.88 bits per heavy atom. The Bertz CT molecular complexity index is 777. The molecule has 0 bridgehead atoms. The number of thioether (sulfide) groups is 1. The first kappa shape index (κ1) is 20.2. The number of hydrogen-bond acceptors (Lipinski definition) is 5. The first-order chi connectivity index (χ1) is 12.4. The van der Waals surface area contributed by atoms with Crippen LogP contribution in [0.5, 0.6) is 11.6 Å². The molecule has 0 unspecified atom stereocenters. The van der Waals surface area contributed by atoms with Gasteiger partial charge in [-0.3, -0.25) is 0 Å². The van der Waals surface area contributed by atoms with Crippen molar-refractivity contribution >= 4 is 23.8 Å². The zero-order chi connectivity index (χ0) is 19.1. The van der Waals surface area contributed by atoms with Gasteiger partial charge in [0.25, 0.3) is 0 Å². The summed E-state index contributed by atoms with van der Waals surface area (Å²) in [5, 5.41) is 0.764. The van der Waals surface area contributed by atoms with Crippen LogP contribution in [0.15, 0.2) is 28.3 Å². The van der Waals surface area contributed by atoms with Crippen molar-refractivity contribution in [2.45, 2.75) is 46.2 Å². The first-order valence-electron chi connectivity index (χ1n) is 8.95. The zero-order valence-corrected chi connectivity index (χ0v) is 17.4. The number of benzene rings is 1. The van der Waals surface area contributed by atoms with E-state index in [1.165, 1.54) is 0 Å². The summed E-state index contributed by atoms with van der Waals surface area (Å²) in [6.45, 7) is 11.2. The zero-order valence-electron chi connectivity index (χ0n) is 16.5. The van der Waals surface area contributed by atoms with Crippen LogP contribution in [0.3, 0.4) is 0 Å². The van der Waals surface area contributed by atoms with E-state index < -0.39 is 0 Å². The van der Waals surface area contributed by atoms with Gasteiger partial charge in [-0.15, -0.1) is 0 Å². The third-order valence-electron chi connectivity index (χ3n) is 3.85. The van der Waals surface area contributed by atoms with Crippen LogP contribution >= 0.6 is 11.8 Å². The molecule has 0 N–H and O–H groups in total. The molecule has 26 heavy (non-hydrogen) atoms. The lowest BCUT2D eigenvalue weighted by Gasteiger charge is -2.13. The van der Waals surface area contributed by atoms with Crippen LogP contribution in [0.2, 0.25) is 0 Å². The minimum absolute atomic E-state index is 0.584. The normalized spacial score (nSPS) is 11.2. The maximum atomic E-state index is 6.07. The minimum Gasteiger partial charge on any atom is -0.439 e. The number of aliphatic imine (C=N–C) groups is 1. The van der Waals surface area contributed by atoms with E-state index in [4.69, 9.17) is 4.74 Å². The second-order valence-electron chi connectivity index (χ2n) is 6.30. The van der Waals surface area contributed by atoms with E-state index in [2.05, 4.69) is 28.8 Å². The summed E-state index contributed by atoms with van der Waals surface area (Å²) in [5.74, 6) is 2.38. The summed E-state index contributed by atoms with van der Waals surface area (Å²) < 4.78 is 6.07. The molecule has 0 aliphatic carbocycles. The highest BCUT2D eigenvalue weighted by molar-refractivity contribution is 7.99. The van der Waals surface area contributed by atoms with Crippen LogP contribution in [0.4, 0.5) is 5.69 Å². The van der Waals surface area contributed by atoms with Gasteiger partial charge in [-0.25, -0.2) is 9.98 Å². The van der Waals surface area contributed by atoms with E-state index in [0.29, 0.717) is 5.88 Å². The standard InChI is InChI=1S/C20H28N4OS/c1-7-9-26-20-22-16(5)12-19(23-20)25-18-11-14(3)17(10-15(18)4)21-13-24(6)8-2/h10-13H,7-9H2,1-6H3. The maximum absolute atomic E-state index is 6.07. The summed E-state index contributed by atoms with van der Waals surface area (Å²) in [4.78, 5) is 15.6. The topological polar surface area (TPSA) is 50.6 Å². The lowest BCUT2D eigenvalue weighted by Crippen LogP contribution is -2.14. The van der Waals surface area contributed by atoms with Gasteiger partial charge in [-0.05, 0) is 57.4 Å². The Kier molecular flexibility index (Phi) is 7.45. The van der Waals surface area contributed by atoms with Crippen molar-refractivity contribution in [3.8, 4) is 11.6 Å². The molecule has 140 valence electrons. The Morgan fingerprint density at radius 3 is 2.58 bits per heavy atom. The summed E-state index contributed by atoms with van der Waals surface area (Å²) in [5.41, 5.74) is 3.96. The fourth-order valence-electron chi connectivity index (χ4n) is 2.20. The quantitative estimate of drug-likeness (QED) is 0.272. The molecule has 0 fully saturated rings. The van der Waals surface area contributed by atoms with Crippen molar-refractivity contribution in [3.05, 3.63) is 35.0 Å². The molecule has 0 amide bonds. The predicted octanol–water partition coefficient (Wildman–Crippen LogP) is 5.31. The molecule has 0 aliphatic heterocycles. The fourth-order valence-corrected chi connectivity index (χ4v) is 2.95. The third-order valence-corrected chi connectivity index (χ3v) is 4.90. The maximum Gasteiger partial charge on any atom is 0.223 e. The van der Waals surface area contributed by atoms with Crippen LogP contribution in [-0.2, 0) is 0 Å². The number of nitrogens with zero attached hydrogens (tertiary/aromatic N) is 4. The summed E-state index contributed by atoms with van der Waals surface area (Å²) in [6.07, 6.45) is 2.94. The average molecular weight is 373 g/mol. The van der Waals surface area contributed by atoms with Gasteiger partial charge in [-0.1, -0.05) is 18.7 Å². The Labute approximate surface area is 160 Å². The number of ether oxygens (including phenoxy) is 1. The van der Waals surface area contributed by atoms with Crippen molar-refractivity contribution < 1.29 is 4.74 Å². The number of hydrogen-bond donors (Lipinski definition) is 0. The molecular formula is C20H28N4OS. The molecule has 0 saturated heterocycles. The molecule has 0 atom stereocenters.